The summed E-state index contributed by atoms with van der Waals surface area (Å²) in [5, 5.41) is 10.0. The van der Waals surface area contributed by atoms with Crippen molar-refractivity contribution >= 4 is 11.6 Å². The SMILES string of the molecule is CC1CCC(CO)CN1Cc1ccc(Cl)cc1. The van der Waals surface area contributed by atoms with E-state index in [4.69, 9.17) is 11.6 Å². The van der Waals surface area contributed by atoms with Crippen molar-refractivity contribution < 1.29 is 5.11 Å². The van der Waals surface area contributed by atoms with E-state index in [0.29, 0.717) is 18.6 Å². The number of hydrogen-bond acceptors (Lipinski definition) is 2. The Morgan fingerprint density at radius 3 is 2.65 bits per heavy atom. The normalized spacial score (nSPS) is 26.1. The molecule has 2 nitrogen and oxygen atoms in total. The van der Waals surface area contributed by atoms with Crippen LogP contribution < -0.4 is 0 Å². The van der Waals surface area contributed by atoms with E-state index in [2.05, 4.69) is 24.0 Å². The number of aliphatic hydroxyl groups is 1. The molecule has 2 atom stereocenters. The van der Waals surface area contributed by atoms with Crippen LogP contribution in [0.5, 0.6) is 0 Å². The predicted molar refractivity (Wildman–Crippen MR) is 71.1 cm³/mol. The summed E-state index contributed by atoms with van der Waals surface area (Å²) < 4.78 is 0. The number of hydrogen-bond donors (Lipinski definition) is 1. The van der Waals surface area contributed by atoms with E-state index >= 15 is 0 Å². The summed E-state index contributed by atoms with van der Waals surface area (Å²) in [7, 11) is 0. The van der Waals surface area contributed by atoms with Crippen molar-refractivity contribution in [3.05, 3.63) is 34.9 Å². The van der Waals surface area contributed by atoms with Crippen LogP contribution in [0, 0.1) is 5.92 Å². The molecule has 0 radical (unpaired) electrons. The lowest BCUT2D eigenvalue weighted by atomic mass is 9.93. The Morgan fingerprint density at radius 1 is 1.29 bits per heavy atom. The molecule has 1 heterocycles. The predicted octanol–water partition coefficient (Wildman–Crippen LogP) is 2.93. The zero-order valence-corrected chi connectivity index (χ0v) is 11.0. The largest absolute Gasteiger partial charge is 0.396 e. The van der Waals surface area contributed by atoms with E-state index in [-0.39, 0.29) is 0 Å². The van der Waals surface area contributed by atoms with E-state index < -0.39 is 0 Å². The first kappa shape index (κ1) is 12.9. The number of aliphatic hydroxyl groups excluding tert-OH is 1. The maximum atomic E-state index is 9.25. The van der Waals surface area contributed by atoms with Crippen molar-refractivity contribution in [3.63, 3.8) is 0 Å². The van der Waals surface area contributed by atoms with Gasteiger partial charge in [-0.2, -0.15) is 0 Å². The van der Waals surface area contributed by atoms with Crippen LogP contribution in [-0.2, 0) is 6.54 Å². The second kappa shape index (κ2) is 5.85. The fourth-order valence-electron chi connectivity index (χ4n) is 2.46. The van der Waals surface area contributed by atoms with Gasteiger partial charge < -0.3 is 5.11 Å². The van der Waals surface area contributed by atoms with Gasteiger partial charge >= 0.3 is 0 Å². The lowest BCUT2D eigenvalue weighted by Gasteiger charge is -2.37. The molecule has 2 unspecified atom stereocenters. The molecule has 0 saturated carbocycles. The third kappa shape index (κ3) is 3.44. The van der Waals surface area contributed by atoms with Crippen LogP contribution in [0.15, 0.2) is 24.3 Å². The Kier molecular flexibility index (Phi) is 4.43. The van der Waals surface area contributed by atoms with Gasteiger partial charge in [0.15, 0.2) is 0 Å². The van der Waals surface area contributed by atoms with Crippen molar-refractivity contribution in [1.29, 1.82) is 0 Å². The Hall–Kier alpha value is -0.570. The van der Waals surface area contributed by atoms with Gasteiger partial charge in [-0.05, 0) is 43.4 Å². The van der Waals surface area contributed by atoms with Crippen LogP contribution in [0.4, 0.5) is 0 Å². The second-order valence-corrected chi connectivity index (χ2v) is 5.47. The first-order chi connectivity index (χ1) is 8.19. The highest BCUT2D eigenvalue weighted by atomic mass is 35.5. The summed E-state index contributed by atoms with van der Waals surface area (Å²) in [6.45, 7) is 4.53. The monoisotopic (exact) mass is 253 g/mol. The van der Waals surface area contributed by atoms with Gasteiger partial charge in [-0.3, -0.25) is 4.90 Å². The molecule has 1 fully saturated rings. The fraction of sp³-hybridized carbons (Fsp3) is 0.571. The van der Waals surface area contributed by atoms with Crippen molar-refractivity contribution in [3.8, 4) is 0 Å². The van der Waals surface area contributed by atoms with E-state index in [1.807, 2.05) is 12.1 Å². The lowest BCUT2D eigenvalue weighted by Crippen LogP contribution is -2.42. The number of rotatable bonds is 3. The second-order valence-electron chi connectivity index (χ2n) is 5.03. The minimum atomic E-state index is 0.309. The molecular weight excluding hydrogens is 234 g/mol. The highest BCUT2D eigenvalue weighted by Gasteiger charge is 2.24. The van der Waals surface area contributed by atoms with E-state index in [1.165, 1.54) is 12.0 Å². The van der Waals surface area contributed by atoms with Crippen molar-refractivity contribution in [1.82, 2.24) is 4.90 Å². The highest BCUT2D eigenvalue weighted by molar-refractivity contribution is 6.30. The first-order valence-corrected chi connectivity index (χ1v) is 6.66. The summed E-state index contributed by atoms with van der Waals surface area (Å²) in [6.07, 6.45) is 2.33. The average molecular weight is 254 g/mol. The van der Waals surface area contributed by atoms with E-state index in [1.54, 1.807) is 0 Å². The van der Waals surface area contributed by atoms with E-state index in [0.717, 1.165) is 24.5 Å². The molecule has 0 amide bonds. The number of piperidine rings is 1. The molecule has 1 aliphatic heterocycles. The maximum absolute atomic E-state index is 9.25. The molecule has 3 heteroatoms. The molecule has 94 valence electrons. The third-order valence-corrected chi connectivity index (χ3v) is 3.92. The van der Waals surface area contributed by atoms with Crippen molar-refractivity contribution in [2.75, 3.05) is 13.2 Å². The molecule has 1 N–H and O–H groups in total. The Balaban J connectivity index is 1.98. The van der Waals surface area contributed by atoms with Gasteiger partial charge in [0.25, 0.3) is 0 Å². The highest BCUT2D eigenvalue weighted by Crippen LogP contribution is 2.23. The van der Waals surface area contributed by atoms with E-state index in [9.17, 15) is 5.11 Å². The van der Waals surface area contributed by atoms with Gasteiger partial charge in [-0.1, -0.05) is 23.7 Å². The van der Waals surface area contributed by atoms with Gasteiger partial charge in [0, 0.05) is 30.8 Å². The van der Waals surface area contributed by atoms with Crippen LogP contribution in [0.25, 0.3) is 0 Å². The van der Waals surface area contributed by atoms with Gasteiger partial charge in [0.05, 0.1) is 0 Å². The molecule has 1 saturated heterocycles. The Morgan fingerprint density at radius 2 is 2.00 bits per heavy atom. The molecule has 0 bridgehead atoms. The lowest BCUT2D eigenvalue weighted by molar-refractivity contribution is 0.0771. The fourth-order valence-corrected chi connectivity index (χ4v) is 2.58. The van der Waals surface area contributed by atoms with Crippen LogP contribution in [0.2, 0.25) is 5.02 Å². The summed E-state index contributed by atoms with van der Waals surface area (Å²) in [5.41, 5.74) is 1.29. The third-order valence-electron chi connectivity index (χ3n) is 3.67. The van der Waals surface area contributed by atoms with Crippen LogP contribution >= 0.6 is 11.6 Å². The number of benzene rings is 1. The summed E-state index contributed by atoms with van der Waals surface area (Å²) in [4.78, 5) is 2.45. The average Bonchev–Trinajstić information content (AvgIpc) is 2.35. The minimum absolute atomic E-state index is 0.309. The topological polar surface area (TPSA) is 23.5 Å². The summed E-state index contributed by atoms with van der Waals surface area (Å²) in [5.74, 6) is 0.443. The molecule has 0 spiro atoms. The molecule has 0 aromatic heterocycles. The summed E-state index contributed by atoms with van der Waals surface area (Å²) in [6, 6.07) is 8.65. The van der Waals surface area contributed by atoms with Gasteiger partial charge in [-0.15, -0.1) is 0 Å². The smallest absolute Gasteiger partial charge is 0.0471 e. The van der Waals surface area contributed by atoms with Crippen LogP contribution in [0.1, 0.15) is 25.3 Å². The molecule has 17 heavy (non-hydrogen) atoms. The molecule has 1 aromatic rings. The molecular formula is C14H20ClNO. The number of nitrogens with zero attached hydrogens (tertiary/aromatic N) is 1. The number of likely N-dealkylation sites (tertiary alicyclic amines) is 1. The van der Waals surface area contributed by atoms with Crippen LogP contribution in [0.3, 0.4) is 0 Å². The zero-order chi connectivity index (χ0) is 12.3. The molecule has 2 rings (SSSR count). The van der Waals surface area contributed by atoms with Gasteiger partial charge in [-0.25, -0.2) is 0 Å². The molecule has 1 aromatic carbocycles. The van der Waals surface area contributed by atoms with Gasteiger partial charge in [0.2, 0.25) is 0 Å². The quantitative estimate of drug-likeness (QED) is 0.895. The number of halogens is 1. The minimum Gasteiger partial charge on any atom is -0.396 e. The standard InChI is InChI=1S/C14H20ClNO/c1-11-2-3-13(10-17)9-16(11)8-12-4-6-14(15)7-5-12/h4-7,11,13,17H,2-3,8-10H2,1H3. The summed E-state index contributed by atoms with van der Waals surface area (Å²) >= 11 is 5.88. The van der Waals surface area contributed by atoms with Crippen molar-refractivity contribution in [2.45, 2.75) is 32.4 Å². The molecule has 0 aliphatic carbocycles. The first-order valence-electron chi connectivity index (χ1n) is 6.28. The maximum Gasteiger partial charge on any atom is 0.0471 e. The van der Waals surface area contributed by atoms with Gasteiger partial charge in [0.1, 0.15) is 0 Å². The van der Waals surface area contributed by atoms with Crippen molar-refractivity contribution in [2.24, 2.45) is 5.92 Å². The Bertz CT molecular complexity index is 352. The zero-order valence-electron chi connectivity index (χ0n) is 10.3. The molecule has 1 aliphatic rings. The van der Waals surface area contributed by atoms with Crippen LogP contribution in [-0.4, -0.2) is 29.2 Å². The Labute approximate surface area is 108 Å².